The van der Waals surface area contributed by atoms with Crippen LogP contribution in [0.25, 0.3) is 5.57 Å². The predicted octanol–water partition coefficient (Wildman–Crippen LogP) is 5.91. The summed E-state index contributed by atoms with van der Waals surface area (Å²) in [5, 5.41) is 10.4. The molecule has 1 saturated carbocycles. The van der Waals surface area contributed by atoms with E-state index in [2.05, 4.69) is 15.9 Å². The molecule has 0 saturated heterocycles. The minimum Gasteiger partial charge on any atom is -0.465 e. The monoisotopic (exact) mass is 436 g/mol. The SMILES string of the molecule is COC(=O)c1ccc2c(c1)[N+](C(=O)O)(C(C)(C)C)C(Br)=C2C1CCCCC1. The summed E-state index contributed by atoms with van der Waals surface area (Å²) >= 11 is 3.71. The second-order valence-corrected chi connectivity index (χ2v) is 9.14. The molecule has 0 spiro atoms. The van der Waals surface area contributed by atoms with Crippen LogP contribution in [0.3, 0.4) is 0 Å². The molecule has 1 heterocycles. The van der Waals surface area contributed by atoms with Crippen molar-refractivity contribution in [2.24, 2.45) is 5.92 Å². The Balaban J connectivity index is 2.31. The van der Waals surface area contributed by atoms with Gasteiger partial charge in [-0.15, -0.1) is 4.48 Å². The van der Waals surface area contributed by atoms with Crippen LogP contribution in [0.5, 0.6) is 0 Å². The van der Waals surface area contributed by atoms with Crippen molar-refractivity contribution in [2.75, 3.05) is 7.11 Å². The molecule has 2 aliphatic rings. The first-order chi connectivity index (χ1) is 12.7. The number of methoxy groups -OCH3 is 1. The van der Waals surface area contributed by atoms with Crippen LogP contribution in [0, 0.1) is 5.92 Å². The third kappa shape index (κ3) is 2.93. The second-order valence-electron chi connectivity index (χ2n) is 8.39. The number of fused-ring (bicyclic) bond motifs is 1. The highest BCUT2D eigenvalue weighted by atomic mass is 79.9. The number of ether oxygens (including phenoxy) is 1. The summed E-state index contributed by atoms with van der Waals surface area (Å²) in [6, 6.07) is 5.32. The summed E-state index contributed by atoms with van der Waals surface area (Å²) in [6.45, 7) is 5.75. The summed E-state index contributed by atoms with van der Waals surface area (Å²) in [5.41, 5.74) is 2.36. The van der Waals surface area contributed by atoms with Gasteiger partial charge in [0.1, 0.15) is 5.54 Å². The molecule has 1 amide bonds. The Kier molecular flexibility index (Phi) is 5.25. The number of nitrogens with zero attached hydrogens (tertiary/aromatic N) is 1. The Morgan fingerprint density at radius 3 is 2.33 bits per heavy atom. The van der Waals surface area contributed by atoms with Gasteiger partial charge < -0.3 is 9.84 Å². The van der Waals surface area contributed by atoms with Gasteiger partial charge in [0.05, 0.1) is 12.7 Å². The maximum absolute atomic E-state index is 12.7. The third-order valence-corrected chi connectivity index (χ3v) is 6.85. The lowest BCUT2D eigenvalue weighted by atomic mass is 9.81. The van der Waals surface area contributed by atoms with E-state index in [9.17, 15) is 14.7 Å². The molecule has 1 fully saturated rings. The zero-order valence-electron chi connectivity index (χ0n) is 16.3. The Morgan fingerprint density at radius 2 is 1.81 bits per heavy atom. The Bertz CT molecular complexity index is 818. The Morgan fingerprint density at radius 1 is 1.19 bits per heavy atom. The van der Waals surface area contributed by atoms with E-state index in [-0.39, 0.29) is 4.48 Å². The van der Waals surface area contributed by atoms with Crippen LogP contribution in [0.1, 0.15) is 68.8 Å². The number of carbonyl (C=O) groups excluding carboxylic acids is 1. The first-order valence-electron chi connectivity index (χ1n) is 9.42. The summed E-state index contributed by atoms with van der Waals surface area (Å²) < 4.78 is 5.20. The fourth-order valence-corrected chi connectivity index (χ4v) is 6.00. The highest BCUT2D eigenvalue weighted by Gasteiger charge is 2.59. The van der Waals surface area contributed by atoms with Crippen LogP contribution >= 0.6 is 15.9 Å². The molecule has 1 aliphatic carbocycles. The predicted molar refractivity (Wildman–Crippen MR) is 110 cm³/mol. The van der Waals surface area contributed by atoms with Crippen molar-refractivity contribution in [3.63, 3.8) is 0 Å². The molecule has 3 rings (SSSR count). The van der Waals surface area contributed by atoms with Crippen LogP contribution in [-0.2, 0) is 4.74 Å². The number of rotatable bonds is 2. The summed E-state index contributed by atoms with van der Waals surface area (Å²) in [6.07, 6.45) is 4.72. The van der Waals surface area contributed by atoms with E-state index in [4.69, 9.17) is 4.74 Å². The molecule has 0 bridgehead atoms. The lowest BCUT2D eigenvalue weighted by molar-refractivity contribution is 0.0600. The van der Waals surface area contributed by atoms with Crippen molar-refractivity contribution in [2.45, 2.75) is 58.4 Å². The molecule has 1 aliphatic heterocycles. The van der Waals surface area contributed by atoms with E-state index in [1.165, 1.54) is 13.5 Å². The number of halogens is 1. The van der Waals surface area contributed by atoms with Gasteiger partial charge in [-0.3, -0.25) is 0 Å². The maximum Gasteiger partial charge on any atom is 0.524 e. The highest BCUT2D eigenvalue weighted by Crippen LogP contribution is 2.56. The molecule has 146 valence electrons. The zero-order chi connectivity index (χ0) is 20.0. The minimum atomic E-state index is -0.955. The molecule has 6 heteroatoms. The van der Waals surface area contributed by atoms with Crippen LogP contribution in [-0.4, -0.2) is 29.8 Å². The smallest absolute Gasteiger partial charge is 0.465 e. The number of quaternary nitrogens is 1. The number of allylic oxidation sites excluding steroid dienone is 1. The van der Waals surface area contributed by atoms with E-state index >= 15 is 0 Å². The van der Waals surface area contributed by atoms with Gasteiger partial charge >= 0.3 is 12.1 Å². The van der Waals surface area contributed by atoms with Crippen LogP contribution in [0.15, 0.2) is 22.8 Å². The fourth-order valence-electron chi connectivity index (χ4n) is 4.59. The molecule has 5 nitrogen and oxygen atoms in total. The van der Waals surface area contributed by atoms with Crippen LogP contribution in [0.2, 0.25) is 0 Å². The van der Waals surface area contributed by atoms with E-state index in [0.717, 1.165) is 36.8 Å². The molecular weight excluding hydrogens is 410 g/mol. The molecule has 1 aromatic carbocycles. The number of hydrogen-bond donors (Lipinski definition) is 1. The summed E-state index contributed by atoms with van der Waals surface area (Å²) in [5.74, 6) is -0.130. The van der Waals surface area contributed by atoms with E-state index < -0.39 is 17.6 Å². The van der Waals surface area contributed by atoms with Gasteiger partial charge in [0, 0.05) is 33.1 Å². The van der Waals surface area contributed by atoms with E-state index in [0.29, 0.717) is 21.8 Å². The van der Waals surface area contributed by atoms with Crippen molar-refractivity contribution in [1.29, 1.82) is 0 Å². The molecule has 0 aromatic heterocycles. The number of amides is 1. The quantitative estimate of drug-likeness (QED) is 0.355. The summed E-state index contributed by atoms with van der Waals surface area (Å²) in [7, 11) is 1.33. The van der Waals surface area contributed by atoms with Gasteiger partial charge in [-0.1, -0.05) is 19.3 Å². The van der Waals surface area contributed by atoms with E-state index in [1.807, 2.05) is 26.8 Å². The van der Waals surface area contributed by atoms with Gasteiger partial charge in [-0.25, -0.2) is 4.79 Å². The third-order valence-electron chi connectivity index (χ3n) is 5.89. The average molecular weight is 437 g/mol. The van der Waals surface area contributed by atoms with Gasteiger partial charge in [-0.05, 0) is 51.7 Å². The highest BCUT2D eigenvalue weighted by molar-refractivity contribution is 9.11. The van der Waals surface area contributed by atoms with Crippen molar-refractivity contribution < 1.29 is 19.4 Å². The zero-order valence-corrected chi connectivity index (χ0v) is 17.9. The molecule has 1 N–H and O–H groups in total. The van der Waals surface area contributed by atoms with E-state index in [1.54, 1.807) is 12.1 Å². The number of carbonyl (C=O) groups is 2. The molecule has 0 radical (unpaired) electrons. The Labute approximate surface area is 168 Å². The average Bonchev–Trinajstić information content (AvgIpc) is 2.89. The number of hydrogen-bond acceptors (Lipinski definition) is 3. The lowest BCUT2D eigenvalue weighted by Gasteiger charge is -2.40. The molecular formula is C21H27BrNO4+. The number of benzene rings is 1. The molecule has 27 heavy (non-hydrogen) atoms. The Hall–Kier alpha value is -1.66. The van der Waals surface area contributed by atoms with Crippen molar-refractivity contribution >= 4 is 39.3 Å². The van der Waals surface area contributed by atoms with Crippen molar-refractivity contribution in [3.8, 4) is 0 Å². The van der Waals surface area contributed by atoms with Crippen molar-refractivity contribution in [1.82, 2.24) is 4.48 Å². The number of esters is 1. The fraction of sp³-hybridized carbons (Fsp3) is 0.524. The first-order valence-corrected chi connectivity index (χ1v) is 10.2. The topological polar surface area (TPSA) is 63.6 Å². The van der Waals surface area contributed by atoms with Gasteiger partial charge in [0.2, 0.25) is 0 Å². The van der Waals surface area contributed by atoms with Gasteiger partial charge in [0.15, 0.2) is 10.3 Å². The van der Waals surface area contributed by atoms with Crippen molar-refractivity contribution in [3.05, 3.63) is 33.9 Å². The van der Waals surface area contributed by atoms with Crippen LogP contribution in [0.4, 0.5) is 10.5 Å². The molecule has 1 atom stereocenters. The van der Waals surface area contributed by atoms with Gasteiger partial charge in [-0.2, -0.15) is 4.79 Å². The largest absolute Gasteiger partial charge is 0.524 e. The van der Waals surface area contributed by atoms with Gasteiger partial charge in [0.25, 0.3) is 0 Å². The lowest BCUT2D eigenvalue weighted by Crippen LogP contribution is -2.62. The maximum atomic E-state index is 12.7. The first kappa shape index (κ1) is 20.1. The molecule has 1 aromatic rings. The normalized spacial score (nSPS) is 23.3. The van der Waals surface area contributed by atoms with Crippen LogP contribution < -0.4 is 4.48 Å². The number of carboxylic acid groups (broad SMARTS) is 1. The minimum absolute atomic E-state index is 0.331. The second kappa shape index (κ2) is 7.06. The standard InChI is InChI=1S/C21H26BrNO4/c1-21(2,3)23(20(25)26)16-12-14(19(24)27-4)10-11-15(16)17(18(23)22)13-8-6-5-7-9-13/h10-13H,5-9H2,1-4H3/p+1. The summed E-state index contributed by atoms with van der Waals surface area (Å²) in [4.78, 5) is 24.8. The molecule has 1 unspecified atom stereocenters.